The van der Waals surface area contributed by atoms with Gasteiger partial charge in [-0.1, -0.05) is 30.7 Å². The summed E-state index contributed by atoms with van der Waals surface area (Å²) >= 11 is 0. The maximum absolute atomic E-state index is 12.5. The van der Waals surface area contributed by atoms with E-state index < -0.39 is 5.91 Å². The molecule has 3 aromatic rings. The molecule has 140 valence electrons. The number of ether oxygens (including phenoxy) is 1. The highest BCUT2D eigenvalue weighted by Gasteiger charge is 2.23. The standard InChI is InChI=1S/C16H18N8O3/c1-3-5-12-13(19-23-24(12)15-14(17)21-27-22-15)16(25)20-18-9-10-6-4-7-11(8-10)26-2/h4,6-9H,3,5H2,1-2H3,(H2,17,21)(H,20,25)/b18-9-. The van der Waals surface area contributed by atoms with Crippen LogP contribution >= 0.6 is 0 Å². The highest BCUT2D eigenvalue weighted by molar-refractivity contribution is 5.94. The Kier molecular flexibility index (Phi) is 5.40. The first-order chi connectivity index (χ1) is 13.1. The van der Waals surface area contributed by atoms with Crippen molar-refractivity contribution >= 4 is 17.9 Å². The monoisotopic (exact) mass is 370 g/mol. The molecule has 3 N–H and O–H groups in total. The molecule has 11 nitrogen and oxygen atoms in total. The van der Waals surface area contributed by atoms with Gasteiger partial charge in [0.05, 0.1) is 19.0 Å². The van der Waals surface area contributed by atoms with Gasteiger partial charge in [-0.2, -0.15) is 9.78 Å². The third kappa shape index (κ3) is 3.92. The van der Waals surface area contributed by atoms with E-state index in [2.05, 4.69) is 35.8 Å². The normalized spacial score (nSPS) is 11.0. The zero-order valence-electron chi connectivity index (χ0n) is 14.8. The number of amides is 1. The molecular formula is C16H18N8O3. The van der Waals surface area contributed by atoms with Gasteiger partial charge in [-0.25, -0.2) is 10.1 Å². The fourth-order valence-electron chi connectivity index (χ4n) is 2.39. The van der Waals surface area contributed by atoms with Crippen LogP contribution in [0.4, 0.5) is 5.82 Å². The Hall–Kier alpha value is -3.76. The number of nitrogens with one attached hydrogen (secondary N) is 1. The second kappa shape index (κ2) is 8.08. The summed E-state index contributed by atoms with van der Waals surface area (Å²) in [6, 6.07) is 7.26. The number of methoxy groups -OCH3 is 1. The van der Waals surface area contributed by atoms with E-state index in [1.54, 1.807) is 13.2 Å². The smallest absolute Gasteiger partial charge is 0.293 e. The fourth-order valence-corrected chi connectivity index (χ4v) is 2.39. The summed E-state index contributed by atoms with van der Waals surface area (Å²) < 4.78 is 11.1. The van der Waals surface area contributed by atoms with Gasteiger partial charge in [0, 0.05) is 0 Å². The number of nitrogens with zero attached hydrogens (tertiary/aromatic N) is 6. The van der Waals surface area contributed by atoms with Crippen LogP contribution in [0.5, 0.6) is 5.75 Å². The third-order valence-corrected chi connectivity index (χ3v) is 3.63. The van der Waals surface area contributed by atoms with E-state index in [0.717, 1.165) is 12.0 Å². The molecule has 0 saturated heterocycles. The zero-order chi connectivity index (χ0) is 19.2. The SMILES string of the molecule is CCCc1c(C(=O)N/N=C\c2cccc(OC)c2)nnn1-c1nonc1N. The van der Waals surface area contributed by atoms with E-state index in [1.807, 2.05) is 25.1 Å². The van der Waals surface area contributed by atoms with Crippen molar-refractivity contribution in [3.05, 3.63) is 41.2 Å². The van der Waals surface area contributed by atoms with Crippen LogP contribution < -0.4 is 15.9 Å². The molecule has 11 heteroatoms. The van der Waals surface area contributed by atoms with Gasteiger partial charge in [0.15, 0.2) is 5.69 Å². The minimum atomic E-state index is -0.501. The van der Waals surface area contributed by atoms with Crippen molar-refractivity contribution < 1.29 is 14.2 Å². The molecule has 0 spiro atoms. The van der Waals surface area contributed by atoms with Gasteiger partial charge in [0.25, 0.3) is 5.91 Å². The first-order valence-corrected chi connectivity index (χ1v) is 8.14. The summed E-state index contributed by atoms with van der Waals surface area (Å²) in [5.41, 5.74) is 9.58. The molecule has 0 radical (unpaired) electrons. The average Bonchev–Trinajstić information content (AvgIpc) is 3.28. The van der Waals surface area contributed by atoms with Crippen LogP contribution in [0, 0.1) is 0 Å². The molecule has 2 aromatic heterocycles. The second-order valence-electron chi connectivity index (χ2n) is 5.50. The van der Waals surface area contributed by atoms with Gasteiger partial charge in [0.2, 0.25) is 11.6 Å². The van der Waals surface area contributed by atoms with Crippen molar-refractivity contribution in [3.8, 4) is 11.6 Å². The summed E-state index contributed by atoms with van der Waals surface area (Å²) in [5, 5.41) is 19.0. The van der Waals surface area contributed by atoms with Gasteiger partial charge >= 0.3 is 0 Å². The number of hydrazone groups is 1. The predicted molar refractivity (Wildman–Crippen MR) is 95.7 cm³/mol. The molecule has 0 aliphatic carbocycles. The van der Waals surface area contributed by atoms with E-state index in [0.29, 0.717) is 17.9 Å². The Bertz CT molecular complexity index is 962. The van der Waals surface area contributed by atoms with E-state index in [1.165, 1.54) is 10.9 Å². The lowest BCUT2D eigenvalue weighted by molar-refractivity contribution is 0.0949. The van der Waals surface area contributed by atoms with Crippen molar-refractivity contribution in [1.82, 2.24) is 30.7 Å². The third-order valence-electron chi connectivity index (χ3n) is 3.63. The maximum Gasteiger partial charge on any atom is 0.293 e. The van der Waals surface area contributed by atoms with Gasteiger partial charge in [0.1, 0.15) is 5.75 Å². The summed E-state index contributed by atoms with van der Waals surface area (Å²) in [4.78, 5) is 12.5. The van der Waals surface area contributed by atoms with Crippen LogP contribution in [-0.4, -0.2) is 44.5 Å². The first kappa shape index (κ1) is 18.0. The van der Waals surface area contributed by atoms with Gasteiger partial charge < -0.3 is 10.5 Å². The highest BCUT2D eigenvalue weighted by Crippen LogP contribution is 2.17. The number of rotatable bonds is 7. The van der Waals surface area contributed by atoms with Crippen LogP contribution in [0.1, 0.15) is 35.1 Å². The number of aromatic nitrogens is 5. The Labute approximate surface area is 154 Å². The lowest BCUT2D eigenvalue weighted by atomic mass is 10.2. The second-order valence-corrected chi connectivity index (χ2v) is 5.50. The van der Waals surface area contributed by atoms with Crippen LogP contribution in [-0.2, 0) is 6.42 Å². The molecule has 2 heterocycles. The Balaban J connectivity index is 1.79. The Morgan fingerprint density at radius 2 is 2.30 bits per heavy atom. The predicted octanol–water partition coefficient (Wildman–Crippen LogP) is 0.957. The summed E-state index contributed by atoms with van der Waals surface area (Å²) in [7, 11) is 1.58. The number of nitrogen functional groups attached to an aromatic ring is 1. The zero-order valence-corrected chi connectivity index (χ0v) is 14.8. The lowest BCUT2D eigenvalue weighted by Gasteiger charge is -2.03. The van der Waals surface area contributed by atoms with Gasteiger partial charge in [-0.3, -0.25) is 4.79 Å². The van der Waals surface area contributed by atoms with Crippen molar-refractivity contribution in [2.75, 3.05) is 12.8 Å². The molecule has 0 unspecified atom stereocenters. The Morgan fingerprint density at radius 3 is 3.00 bits per heavy atom. The van der Waals surface area contributed by atoms with E-state index in [9.17, 15) is 4.79 Å². The van der Waals surface area contributed by atoms with Crippen molar-refractivity contribution in [1.29, 1.82) is 0 Å². The Morgan fingerprint density at radius 1 is 1.44 bits per heavy atom. The van der Waals surface area contributed by atoms with Crippen molar-refractivity contribution in [3.63, 3.8) is 0 Å². The molecule has 27 heavy (non-hydrogen) atoms. The van der Waals surface area contributed by atoms with Crippen LogP contribution in [0.25, 0.3) is 5.82 Å². The lowest BCUT2D eigenvalue weighted by Crippen LogP contribution is -2.20. The minimum Gasteiger partial charge on any atom is -0.497 e. The summed E-state index contributed by atoms with van der Waals surface area (Å²) in [6.07, 6.45) is 2.79. The van der Waals surface area contributed by atoms with Crippen LogP contribution in [0.15, 0.2) is 34.0 Å². The largest absolute Gasteiger partial charge is 0.497 e. The topological polar surface area (TPSA) is 146 Å². The van der Waals surface area contributed by atoms with Crippen molar-refractivity contribution in [2.24, 2.45) is 5.10 Å². The average molecular weight is 370 g/mol. The number of hydrogen-bond acceptors (Lipinski definition) is 9. The molecule has 0 saturated carbocycles. The first-order valence-electron chi connectivity index (χ1n) is 8.14. The number of anilines is 1. The quantitative estimate of drug-likeness (QED) is 0.462. The van der Waals surface area contributed by atoms with E-state index in [-0.39, 0.29) is 17.3 Å². The van der Waals surface area contributed by atoms with Crippen molar-refractivity contribution in [2.45, 2.75) is 19.8 Å². The highest BCUT2D eigenvalue weighted by atomic mass is 16.6. The minimum absolute atomic E-state index is 0.0558. The number of carbonyl (C=O) groups is 1. The molecular weight excluding hydrogens is 352 g/mol. The van der Waals surface area contributed by atoms with Crippen LogP contribution in [0.2, 0.25) is 0 Å². The molecule has 0 aliphatic heterocycles. The molecule has 0 bridgehead atoms. The van der Waals surface area contributed by atoms with Gasteiger partial charge in [-0.05, 0) is 34.4 Å². The van der Waals surface area contributed by atoms with E-state index >= 15 is 0 Å². The van der Waals surface area contributed by atoms with Crippen LogP contribution in [0.3, 0.4) is 0 Å². The maximum atomic E-state index is 12.5. The number of hydrogen-bond donors (Lipinski definition) is 2. The molecule has 3 rings (SSSR count). The molecule has 1 amide bonds. The van der Waals surface area contributed by atoms with Gasteiger partial charge in [-0.15, -0.1) is 5.10 Å². The summed E-state index contributed by atoms with van der Waals surface area (Å²) in [5.74, 6) is 0.432. The molecule has 0 aliphatic rings. The molecule has 0 fully saturated rings. The number of nitrogens with two attached hydrogens (primary N) is 1. The fraction of sp³-hybridized carbons (Fsp3) is 0.250. The van der Waals surface area contributed by atoms with E-state index in [4.69, 9.17) is 10.5 Å². The molecule has 1 aromatic carbocycles. The molecule has 0 atom stereocenters. The summed E-state index contributed by atoms with van der Waals surface area (Å²) in [6.45, 7) is 1.96. The number of carbonyl (C=O) groups excluding carboxylic acids is 1. The number of benzene rings is 1.